The van der Waals surface area contributed by atoms with E-state index in [1.54, 1.807) is 4.90 Å². The van der Waals surface area contributed by atoms with Crippen molar-refractivity contribution in [2.45, 2.75) is 30.8 Å². The van der Waals surface area contributed by atoms with Crippen LogP contribution in [0.3, 0.4) is 0 Å². The number of hydrogen-bond donors (Lipinski definition) is 2. The number of primary amides is 1. The summed E-state index contributed by atoms with van der Waals surface area (Å²) >= 11 is 1.10. The van der Waals surface area contributed by atoms with E-state index < -0.39 is 10.8 Å². The molecule has 1 aromatic rings. The van der Waals surface area contributed by atoms with Gasteiger partial charge in [-0.05, 0) is 26.0 Å². The maximum Gasteiger partial charge on any atom is 0.283 e. The van der Waals surface area contributed by atoms with E-state index in [1.807, 2.05) is 13.8 Å². The molecule has 1 heterocycles. The molecule has 2 atom stereocenters. The van der Waals surface area contributed by atoms with E-state index in [1.165, 1.54) is 12.1 Å². The lowest BCUT2D eigenvalue weighted by Crippen LogP contribution is -2.57. The Hall–Kier alpha value is -2.13. The molecule has 0 spiro atoms. The van der Waals surface area contributed by atoms with Crippen molar-refractivity contribution in [2.75, 3.05) is 18.8 Å². The lowest BCUT2D eigenvalue weighted by molar-refractivity contribution is -0.387. The fourth-order valence-corrected chi connectivity index (χ4v) is 3.46. The number of piperazine rings is 1. The molecule has 3 N–H and O–H groups in total. The van der Waals surface area contributed by atoms with Gasteiger partial charge >= 0.3 is 0 Å². The monoisotopic (exact) mass is 352 g/mol. The first kappa shape index (κ1) is 18.2. The van der Waals surface area contributed by atoms with Crippen LogP contribution in [-0.4, -0.2) is 52.6 Å². The van der Waals surface area contributed by atoms with E-state index in [0.29, 0.717) is 11.4 Å². The minimum absolute atomic E-state index is 0.0610. The smallest absolute Gasteiger partial charge is 0.283 e. The van der Waals surface area contributed by atoms with Gasteiger partial charge in [0.2, 0.25) is 11.8 Å². The van der Waals surface area contributed by atoms with E-state index in [2.05, 4.69) is 5.32 Å². The molecule has 2 rings (SSSR count). The maximum atomic E-state index is 12.4. The molecular weight excluding hydrogens is 332 g/mol. The Morgan fingerprint density at radius 1 is 1.46 bits per heavy atom. The number of thioether (sulfide) groups is 1. The molecule has 1 fully saturated rings. The summed E-state index contributed by atoms with van der Waals surface area (Å²) in [5.74, 6) is -0.683. The quantitative estimate of drug-likeness (QED) is 0.463. The average molecular weight is 352 g/mol. The molecule has 2 unspecified atom stereocenters. The molecule has 1 aromatic carbocycles. The normalized spacial score (nSPS) is 20.7. The Morgan fingerprint density at radius 2 is 2.17 bits per heavy atom. The van der Waals surface area contributed by atoms with Gasteiger partial charge in [-0.15, -0.1) is 11.8 Å². The van der Waals surface area contributed by atoms with Crippen LogP contribution in [0.2, 0.25) is 0 Å². The number of nitro benzene ring substituents is 1. The fourth-order valence-electron chi connectivity index (χ4n) is 2.57. The van der Waals surface area contributed by atoms with Crippen molar-refractivity contribution < 1.29 is 14.5 Å². The number of rotatable bonds is 5. The van der Waals surface area contributed by atoms with E-state index in [-0.39, 0.29) is 35.0 Å². The lowest BCUT2D eigenvalue weighted by Gasteiger charge is -2.38. The number of nitrogens with zero attached hydrogens (tertiary/aromatic N) is 2. The summed E-state index contributed by atoms with van der Waals surface area (Å²) in [7, 11) is 0. The second-order valence-corrected chi connectivity index (χ2v) is 6.68. The Kier molecular flexibility index (Phi) is 5.79. The summed E-state index contributed by atoms with van der Waals surface area (Å²) in [6.45, 7) is 5.34. The number of hydrogen-bond acceptors (Lipinski definition) is 6. The summed E-state index contributed by atoms with van der Waals surface area (Å²) < 4.78 is 0. The second kappa shape index (κ2) is 7.63. The highest BCUT2D eigenvalue weighted by atomic mass is 32.2. The Balaban J connectivity index is 2.09. The van der Waals surface area contributed by atoms with E-state index >= 15 is 0 Å². The maximum absolute atomic E-state index is 12.4. The number of nitro groups is 1. The zero-order chi connectivity index (χ0) is 17.9. The Morgan fingerprint density at radius 3 is 2.79 bits per heavy atom. The highest BCUT2D eigenvalue weighted by Crippen LogP contribution is 2.30. The molecule has 0 radical (unpaired) electrons. The highest BCUT2D eigenvalue weighted by Gasteiger charge is 2.28. The van der Waals surface area contributed by atoms with Gasteiger partial charge in [0.25, 0.3) is 5.69 Å². The zero-order valence-corrected chi connectivity index (χ0v) is 14.3. The molecule has 2 amide bonds. The number of nitrogens with one attached hydrogen (secondary N) is 1. The minimum atomic E-state index is -0.727. The van der Waals surface area contributed by atoms with Gasteiger partial charge in [-0.3, -0.25) is 19.7 Å². The third kappa shape index (κ3) is 4.04. The van der Waals surface area contributed by atoms with Crippen LogP contribution in [0.5, 0.6) is 0 Å². The summed E-state index contributed by atoms with van der Waals surface area (Å²) in [4.78, 5) is 36.3. The van der Waals surface area contributed by atoms with Crippen molar-refractivity contribution >= 4 is 29.3 Å². The number of amides is 2. The number of carbonyl (C=O) groups excluding carboxylic acids is 2. The van der Waals surface area contributed by atoms with Gasteiger partial charge in [0.15, 0.2) is 0 Å². The van der Waals surface area contributed by atoms with Crippen LogP contribution in [0, 0.1) is 10.1 Å². The first-order chi connectivity index (χ1) is 11.3. The molecule has 0 aromatic heterocycles. The van der Waals surface area contributed by atoms with Gasteiger partial charge in [-0.25, -0.2) is 0 Å². The SMILES string of the molecule is CC1NCCN(C(=O)CSc2ccc(C(N)=O)cc2[N+](=O)[O-])C1C. The van der Waals surface area contributed by atoms with Gasteiger partial charge in [0, 0.05) is 36.8 Å². The highest BCUT2D eigenvalue weighted by molar-refractivity contribution is 8.00. The van der Waals surface area contributed by atoms with Crippen molar-refractivity contribution in [3.63, 3.8) is 0 Å². The predicted octanol–water partition coefficient (Wildman–Crippen LogP) is 0.995. The van der Waals surface area contributed by atoms with Crippen molar-refractivity contribution in [2.24, 2.45) is 5.73 Å². The number of carbonyl (C=O) groups is 2. The predicted molar refractivity (Wildman–Crippen MR) is 91.0 cm³/mol. The third-order valence-electron chi connectivity index (χ3n) is 4.15. The summed E-state index contributed by atoms with van der Waals surface area (Å²) in [6, 6.07) is 4.30. The molecule has 24 heavy (non-hydrogen) atoms. The zero-order valence-electron chi connectivity index (χ0n) is 13.5. The third-order valence-corrected chi connectivity index (χ3v) is 5.19. The van der Waals surface area contributed by atoms with Gasteiger partial charge in [-0.1, -0.05) is 0 Å². The number of benzene rings is 1. The molecule has 8 nitrogen and oxygen atoms in total. The van der Waals surface area contributed by atoms with E-state index in [0.717, 1.165) is 24.4 Å². The van der Waals surface area contributed by atoms with Crippen LogP contribution in [0.25, 0.3) is 0 Å². The largest absolute Gasteiger partial charge is 0.366 e. The van der Waals surface area contributed by atoms with Crippen LogP contribution in [0.1, 0.15) is 24.2 Å². The first-order valence-electron chi connectivity index (χ1n) is 7.55. The molecule has 130 valence electrons. The van der Waals surface area contributed by atoms with Crippen LogP contribution < -0.4 is 11.1 Å². The van der Waals surface area contributed by atoms with E-state index in [9.17, 15) is 19.7 Å². The van der Waals surface area contributed by atoms with Crippen LogP contribution in [0.15, 0.2) is 23.1 Å². The summed E-state index contributed by atoms with van der Waals surface area (Å²) in [5, 5.41) is 14.5. The van der Waals surface area contributed by atoms with Crippen LogP contribution >= 0.6 is 11.8 Å². The second-order valence-electron chi connectivity index (χ2n) is 5.66. The molecule has 1 saturated heterocycles. The van der Waals surface area contributed by atoms with Crippen molar-refractivity contribution in [3.8, 4) is 0 Å². The van der Waals surface area contributed by atoms with Crippen molar-refractivity contribution in [3.05, 3.63) is 33.9 Å². The molecule has 0 aliphatic carbocycles. The molecule has 1 aliphatic heterocycles. The fraction of sp³-hybridized carbons (Fsp3) is 0.467. The Bertz CT molecular complexity index is 667. The van der Waals surface area contributed by atoms with E-state index in [4.69, 9.17) is 5.73 Å². The molecule has 0 bridgehead atoms. The lowest BCUT2D eigenvalue weighted by atomic mass is 10.1. The van der Waals surface area contributed by atoms with Crippen LogP contribution in [-0.2, 0) is 4.79 Å². The standard InChI is InChI=1S/C15H20N4O4S/c1-9-10(2)18(6-5-17-9)14(20)8-24-13-4-3-11(15(16)21)7-12(13)19(22)23/h3-4,7,9-10,17H,5-6,8H2,1-2H3,(H2,16,21). The van der Waals surface area contributed by atoms with Crippen molar-refractivity contribution in [1.29, 1.82) is 0 Å². The summed E-state index contributed by atoms with van der Waals surface area (Å²) in [6.07, 6.45) is 0. The minimum Gasteiger partial charge on any atom is -0.366 e. The molecule has 1 aliphatic rings. The van der Waals surface area contributed by atoms with Gasteiger partial charge in [-0.2, -0.15) is 0 Å². The first-order valence-corrected chi connectivity index (χ1v) is 8.53. The van der Waals surface area contributed by atoms with Gasteiger partial charge < -0.3 is 16.0 Å². The van der Waals surface area contributed by atoms with Gasteiger partial charge in [0.1, 0.15) is 0 Å². The summed E-state index contributed by atoms with van der Waals surface area (Å²) in [5.41, 5.74) is 5.00. The topological polar surface area (TPSA) is 119 Å². The van der Waals surface area contributed by atoms with Crippen molar-refractivity contribution in [1.82, 2.24) is 10.2 Å². The molecule has 9 heteroatoms. The van der Waals surface area contributed by atoms with Gasteiger partial charge in [0.05, 0.1) is 15.6 Å². The molecule has 0 saturated carbocycles. The average Bonchev–Trinajstić information content (AvgIpc) is 2.54. The Labute approximate surface area is 143 Å². The number of nitrogens with two attached hydrogens (primary N) is 1. The van der Waals surface area contributed by atoms with Crippen LogP contribution in [0.4, 0.5) is 5.69 Å². The molecular formula is C15H20N4O4S.